The predicted molar refractivity (Wildman–Crippen MR) is 118 cm³/mol. The van der Waals surface area contributed by atoms with Crippen LogP contribution in [0.15, 0.2) is 30.3 Å². The van der Waals surface area contributed by atoms with Gasteiger partial charge in [-0.3, -0.25) is 9.59 Å². The summed E-state index contributed by atoms with van der Waals surface area (Å²) in [6.45, 7) is 4.25. The van der Waals surface area contributed by atoms with Crippen LogP contribution in [0.4, 0.5) is 0 Å². The average molecular weight is 549 g/mol. The van der Waals surface area contributed by atoms with E-state index in [4.69, 9.17) is 23.7 Å². The van der Waals surface area contributed by atoms with Gasteiger partial charge in [0.15, 0.2) is 18.5 Å². The number of carbonyl (C=O) groups is 3. The first-order chi connectivity index (χ1) is 14.8. The van der Waals surface area contributed by atoms with E-state index in [9.17, 15) is 14.4 Å². The topological polar surface area (TPSA) is 109 Å². The summed E-state index contributed by atoms with van der Waals surface area (Å²) in [5, 5.41) is 2.72. The van der Waals surface area contributed by atoms with Gasteiger partial charge in [0, 0.05) is 25.4 Å². The summed E-state index contributed by atoms with van der Waals surface area (Å²) >= 11 is 2.10. The van der Waals surface area contributed by atoms with E-state index in [0.29, 0.717) is 4.43 Å². The van der Waals surface area contributed by atoms with Gasteiger partial charge in [-0.1, -0.05) is 52.9 Å². The zero-order chi connectivity index (χ0) is 23.0. The molecule has 2 rings (SSSR count). The molecule has 6 atom stereocenters. The lowest BCUT2D eigenvalue weighted by molar-refractivity contribution is -0.268. The van der Waals surface area contributed by atoms with Gasteiger partial charge in [-0.25, -0.2) is 4.79 Å². The summed E-state index contributed by atoms with van der Waals surface area (Å²) in [5.41, 5.74) is 0.840. The van der Waals surface area contributed by atoms with Crippen molar-refractivity contribution in [2.45, 2.75) is 64.1 Å². The van der Waals surface area contributed by atoms with Crippen molar-refractivity contribution in [2.24, 2.45) is 0 Å². The Morgan fingerprint density at radius 2 is 1.84 bits per heavy atom. The minimum Gasteiger partial charge on any atom is -0.459 e. The van der Waals surface area contributed by atoms with E-state index in [1.165, 1.54) is 21.0 Å². The van der Waals surface area contributed by atoms with Gasteiger partial charge < -0.3 is 29.0 Å². The van der Waals surface area contributed by atoms with Crippen molar-refractivity contribution in [3.05, 3.63) is 35.9 Å². The largest absolute Gasteiger partial charge is 0.459 e. The third-order valence-electron chi connectivity index (χ3n) is 4.62. The summed E-state index contributed by atoms with van der Waals surface area (Å²) in [7, 11) is 1.44. The lowest BCUT2D eigenvalue weighted by Crippen LogP contribution is -2.66. The maximum atomic E-state index is 12.5. The highest BCUT2D eigenvalue weighted by atomic mass is 127. The Balaban J connectivity index is 2.19. The number of carbonyl (C=O) groups excluding carboxylic acids is 3. The summed E-state index contributed by atoms with van der Waals surface area (Å²) in [6.07, 6.45) is -4.16. The van der Waals surface area contributed by atoms with Crippen LogP contribution in [0.3, 0.4) is 0 Å². The van der Waals surface area contributed by atoms with E-state index >= 15 is 0 Å². The maximum absolute atomic E-state index is 12.5. The van der Waals surface area contributed by atoms with Crippen LogP contribution in [0.1, 0.15) is 26.3 Å². The van der Waals surface area contributed by atoms with Gasteiger partial charge in [0.2, 0.25) is 5.91 Å². The SMILES string of the molecule is COC1O[C@H](CI)[C@@H](OC(C)=O)[C@H](O[C@H](C)C(=O)OCc2ccccc2)[C@H]1NC(C)=O. The Kier molecular flexibility index (Phi) is 10.1. The zero-order valence-electron chi connectivity index (χ0n) is 17.9. The molecular formula is C21H28INO8. The normalized spacial score (nSPS) is 26.5. The Bertz CT molecular complexity index is 716. The Labute approximate surface area is 195 Å². The van der Waals surface area contributed by atoms with Gasteiger partial charge in [0.25, 0.3) is 0 Å². The third-order valence-corrected chi connectivity index (χ3v) is 5.49. The molecule has 0 aromatic heterocycles. The fraction of sp³-hybridized carbons (Fsp3) is 0.571. The number of alkyl halides is 1. The highest BCUT2D eigenvalue weighted by molar-refractivity contribution is 14.1. The first-order valence-corrected chi connectivity index (χ1v) is 11.3. The van der Waals surface area contributed by atoms with Gasteiger partial charge in [0.1, 0.15) is 24.9 Å². The number of benzene rings is 1. The lowest BCUT2D eigenvalue weighted by Gasteiger charge is -2.45. The smallest absolute Gasteiger partial charge is 0.335 e. The van der Waals surface area contributed by atoms with Crippen molar-refractivity contribution in [2.75, 3.05) is 11.5 Å². The van der Waals surface area contributed by atoms with E-state index in [1.807, 2.05) is 30.3 Å². The van der Waals surface area contributed by atoms with E-state index in [1.54, 1.807) is 6.92 Å². The summed E-state index contributed by atoms with van der Waals surface area (Å²) in [6, 6.07) is 8.44. The fourth-order valence-electron chi connectivity index (χ4n) is 3.25. The average Bonchev–Trinajstić information content (AvgIpc) is 2.74. The molecule has 1 fully saturated rings. The van der Waals surface area contributed by atoms with Crippen molar-refractivity contribution < 1.29 is 38.1 Å². The monoisotopic (exact) mass is 549 g/mol. The zero-order valence-corrected chi connectivity index (χ0v) is 20.1. The molecule has 1 aliphatic heterocycles. The van der Waals surface area contributed by atoms with Crippen LogP contribution in [0.25, 0.3) is 0 Å². The highest BCUT2D eigenvalue weighted by Gasteiger charge is 2.50. The molecule has 172 valence electrons. The molecule has 1 N–H and O–H groups in total. The number of hydrogen-bond acceptors (Lipinski definition) is 8. The molecule has 1 aromatic rings. The van der Waals surface area contributed by atoms with E-state index in [0.717, 1.165) is 5.56 Å². The molecule has 10 heteroatoms. The van der Waals surface area contributed by atoms with Crippen molar-refractivity contribution in [3.8, 4) is 0 Å². The molecule has 0 bridgehead atoms. The molecule has 1 aromatic carbocycles. The third kappa shape index (κ3) is 7.41. The molecule has 1 saturated heterocycles. The van der Waals surface area contributed by atoms with E-state index in [2.05, 4.69) is 27.9 Å². The number of halogens is 1. The standard InChI is InChI=1S/C21H28INO8/c1-12(20(26)28-11-15-8-6-5-7-9-15)29-19-17(23-13(2)24)21(27-4)31-16(10-22)18(19)30-14(3)25/h5-9,12,16-19,21H,10-11H2,1-4H3,(H,23,24)/t12-,16-,17-,18-,19-,21?/m1/s1. The molecule has 0 spiro atoms. The minimum absolute atomic E-state index is 0.0979. The summed E-state index contributed by atoms with van der Waals surface area (Å²) in [4.78, 5) is 36.1. The second kappa shape index (κ2) is 12.3. The Morgan fingerprint density at radius 1 is 1.16 bits per heavy atom. The van der Waals surface area contributed by atoms with Gasteiger partial charge in [-0.15, -0.1) is 0 Å². The van der Waals surface area contributed by atoms with Crippen molar-refractivity contribution in [3.63, 3.8) is 0 Å². The molecule has 9 nitrogen and oxygen atoms in total. The number of amides is 1. The van der Waals surface area contributed by atoms with E-state index < -0.39 is 48.7 Å². The van der Waals surface area contributed by atoms with E-state index in [-0.39, 0.29) is 12.5 Å². The summed E-state index contributed by atoms with van der Waals surface area (Å²) < 4.78 is 28.5. The fourth-order valence-corrected chi connectivity index (χ4v) is 3.96. The number of nitrogens with one attached hydrogen (secondary N) is 1. The second-order valence-electron chi connectivity index (χ2n) is 7.07. The van der Waals surface area contributed by atoms with Crippen LogP contribution in [-0.2, 0) is 44.7 Å². The summed E-state index contributed by atoms with van der Waals surface area (Å²) in [5.74, 6) is -1.47. The first-order valence-electron chi connectivity index (χ1n) is 9.81. The molecule has 0 aliphatic carbocycles. The van der Waals surface area contributed by atoms with Crippen LogP contribution in [0, 0.1) is 0 Å². The minimum atomic E-state index is -0.992. The second-order valence-corrected chi connectivity index (χ2v) is 7.95. The highest BCUT2D eigenvalue weighted by Crippen LogP contribution is 2.29. The Morgan fingerprint density at radius 3 is 2.39 bits per heavy atom. The maximum Gasteiger partial charge on any atom is 0.335 e. The molecule has 1 amide bonds. The quantitative estimate of drug-likeness (QED) is 0.282. The number of methoxy groups -OCH3 is 1. The van der Waals surface area contributed by atoms with Gasteiger partial charge >= 0.3 is 11.9 Å². The van der Waals surface area contributed by atoms with Crippen LogP contribution < -0.4 is 5.32 Å². The van der Waals surface area contributed by atoms with Gasteiger partial charge in [-0.05, 0) is 12.5 Å². The number of hydrogen-bond donors (Lipinski definition) is 1. The van der Waals surface area contributed by atoms with Gasteiger partial charge in [-0.2, -0.15) is 0 Å². The lowest BCUT2D eigenvalue weighted by atomic mass is 9.96. The van der Waals surface area contributed by atoms with Crippen LogP contribution >= 0.6 is 22.6 Å². The molecule has 31 heavy (non-hydrogen) atoms. The molecule has 0 radical (unpaired) electrons. The van der Waals surface area contributed by atoms with Crippen molar-refractivity contribution in [1.82, 2.24) is 5.32 Å². The predicted octanol–water partition coefficient (Wildman–Crippen LogP) is 1.75. The molecule has 0 saturated carbocycles. The van der Waals surface area contributed by atoms with Crippen LogP contribution in [-0.4, -0.2) is 66.1 Å². The Hall–Kier alpha value is -1.76. The van der Waals surface area contributed by atoms with Crippen LogP contribution in [0.2, 0.25) is 0 Å². The molecule has 1 heterocycles. The van der Waals surface area contributed by atoms with Crippen molar-refractivity contribution >= 4 is 40.4 Å². The molecule has 1 aliphatic rings. The number of ether oxygens (including phenoxy) is 5. The number of rotatable bonds is 9. The van der Waals surface area contributed by atoms with Crippen molar-refractivity contribution in [1.29, 1.82) is 0 Å². The van der Waals surface area contributed by atoms with Crippen LogP contribution in [0.5, 0.6) is 0 Å². The molecule has 1 unspecified atom stereocenters. The first kappa shape index (κ1) is 25.5. The molecular weight excluding hydrogens is 521 g/mol. The number of esters is 2. The van der Waals surface area contributed by atoms with Gasteiger partial charge in [0.05, 0.1) is 0 Å².